The van der Waals surface area contributed by atoms with Crippen LogP contribution < -0.4 is 0 Å². The van der Waals surface area contributed by atoms with Crippen molar-refractivity contribution in [3.05, 3.63) is 0 Å². The molecule has 3 nitrogen and oxygen atoms in total. The summed E-state index contributed by atoms with van der Waals surface area (Å²) < 4.78 is 0. The Bertz CT molecular complexity index is 268. The minimum absolute atomic E-state index is 0.194. The number of aliphatic hydroxyl groups excluding tert-OH is 1. The molecule has 0 aromatic heterocycles. The Morgan fingerprint density at radius 3 is 2.82 bits per heavy atom. The van der Waals surface area contributed by atoms with E-state index in [1.165, 1.54) is 6.42 Å². The lowest BCUT2D eigenvalue weighted by Crippen LogP contribution is -2.43. The van der Waals surface area contributed by atoms with E-state index < -0.39 is 0 Å². The second kappa shape index (κ2) is 6.37. The molecule has 1 rings (SSSR count). The van der Waals surface area contributed by atoms with Crippen LogP contribution in [0.25, 0.3) is 0 Å². The van der Waals surface area contributed by atoms with Crippen LogP contribution in [0.1, 0.15) is 46.5 Å². The van der Waals surface area contributed by atoms with Gasteiger partial charge in [-0.25, -0.2) is 0 Å². The fourth-order valence-electron chi connectivity index (χ4n) is 2.71. The van der Waals surface area contributed by atoms with E-state index in [4.69, 9.17) is 5.26 Å². The normalized spacial score (nSPS) is 24.3. The van der Waals surface area contributed by atoms with E-state index in [1.807, 2.05) is 6.92 Å². The SMILES string of the molecule is C[C@@H](O)[C@H]1CCCN(CC(C)(C)CCC#N)C1. The monoisotopic (exact) mass is 238 g/mol. The maximum atomic E-state index is 9.66. The Kier molecular flexibility index (Phi) is 5.42. The number of rotatable bonds is 5. The molecule has 1 heterocycles. The van der Waals surface area contributed by atoms with Crippen LogP contribution in [-0.2, 0) is 0 Å². The van der Waals surface area contributed by atoms with Gasteiger partial charge in [0.05, 0.1) is 12.2 Å². The standard InChI is InChI=1S/C14H26N2O/c1-12(17)13-6-4-9-16(10-13)11-14(2,3)7-5-8-15/h12-13,17H,4-7,9-11H2,1-3H3/t12-,13+/m1/s1. The van der Waals surface area contributed by atoms with Crippen molar-refractivity contribution >= 4 is 0 Å². The zero-order chi connectivity index (χ0) is 12.9. The lowest BCUT2D eigenvalue weighted by molar-refractivity contribution is 0.0458. The van der Waals surface area contributed by atoms with Crippen LogP contribution >= 0.6 is 0 Å². The molecule has 0 bridgehead atoms. The highest BCUT2D eigenvalue weighted by molar-refractivity contribution is 4.83. The van der Waals surface area contributed by atoms with E-state index >= 15 is 0 Å². The maximum Gasteiger partial charge on any atom is 0.0621 e. The van der Waals surface area contributed by atoms with Gasteiger partial charge in [-0.3, -0.25) is 0 Å². The van der Waals surface area contributed by atoms with Gasteiger partial charge >= 0.3 is 0 Å². The minimum Gasteiger partial charge on any atom is -0.393 e. The zero-order valence-corrected chi connectivity index (χ0v) is 11.4. The molecule has 1 saturated heterocycles. The average molecular weight is 238 g/mol. The quantitative estimate of drug-likeness (QED) is 0.800. The third-order valence-electron chi connectivity index (χ3n) is 3.79. The van der Waals surface area contributed by atoms with Crippen molar-refractivity contribution in [2.75, 3.05) is 19.6 Å². The number of piperidine rings is 1. The molecular weight excluding hydrogens is 212 g/mol. The molecule has 0 aromatic carbocycles. The van der Waals surface area contributed by atoms with E-state index in [-0.39, 0.29) is 11.5 Å². The molecule has 0 amide bonds. The third-order valence-corrected chi connectivity index (χ3v) is 3.79. The summed E-state index contributed by atoms with van der Waals surface area (Å²) in [5, 5.41) is 18.3. The zero-order valence-electron chi connectivity index (χ0n) is 11.4. The van der Waals surface area contributed by atoms with Crippen molar-refractivity contribution in [2.45, 2.75) is 52.6 Å². The van der Waals surface area contributed by atoms with Gasteiger partial charge in [0.2, 0.25) is 0 Å². The fraction of sp³-hybridized carbons (Fsp3) is 0.929. The Balaban J connectivity index is 2.42. The van der Waals surface area contributed by atoms with Gasteiger partial charge in [-0.15, -0.1) is 0 Å². The van der Waals surface area contributed by atoms with Crippen LogP contribution in [0.4, 0.5) is 0 Å². The number of nitriles is 1. The molecule has 17 heavy (non-hydrogen) atoms. The molecule has 0 unspecified atom stereocenters. The summed E-state index contributed by atoms with van der Waals surface area (Å²) in [7, 11) is 0. The second-order valence-electron chi connectivity index (χ2n) is 6.20. The first kappa shape index (κ1) is 14.5. The second-order valence-corrected chi connectivity index (χ2v) is 6.20. The van der Waals surface area contributed by atoms with Crippen molar-refractivity contribution in [3.8, 4) is 6.07 Å². The molecule has 1 fully saturated rings. The Hall–Kier alpha value is -0.590. The number of nitrogens with zero attached hydrogens (tertiary/aromatic N) is 2. The maximum absolute atomic E-state index is 9.66. The topological polar surface area (TPSA) is 47.3 Å². The summed E-state index contributed by atoms with van der Waals surface area (Å²) >= 11 is 0. The third kappa shape index (κ3) is 5.06. The van der Waals surface area contributed by atoms with Gasteiger partial charge in [0.1, 0.15) is 0 Å². The molecule has 0 saturated carbocycles. The van der Waals surface area contributed by atoms with Gasteiger partial charge in [0.25, 0.3) is 0 Å². The van der Waals surface area contributed by atoms with Crippen LogP contribution in [0.15, 0.2) is 0 Å². The first-order valence-corrected chi connectivity index (χ1v) is 6.72. The lowest BCUT2D eigenvalue weighted by Gasteiger charge is -2.38. The van der Waals surface area contributed by atoms with Crippen LogP contribution in [0.5, 0.6) is 0 Å². The van der Waals surface area contributed by atoms with Gasteiger partial charge in [0.15, 0.2) is 0 Å². The Morgan fingerprint density at radius 2 is 2.24 bits per heavy atom. The fourth-order valence-corrected chi connectivity index (χ4v) is 2.71. The summed E-state index contributed by atoms with van der Waals surface area (Å²) in [4.78, 5) is 2.46. The summed E-state index contributed by atoms with van der Waals surface area (Å²) in [5.41, 5.74) is 0.205. The van der Waals surface area contributed by atoms with Crippen LogP contribution in [0.3, 0.4) is 0 Å². The molecule has 0 spiro atoms. The highest BCUT2D eigenvalue weighted by Crippen LogP contribution is 2.27. The molecule has 3 heteroatoms. The summed E-state index contributed by atoms with van der Waals surface area (Å²) in [5.74, 6) is 0.426. The first-order chi connectivity index (χ1) is 7.94. The molecular formula is C14H26N2O. The molecule has 1 N–H and O–H groups in total. The first-order valence-electron chi connectivity index (χ1n) is 6.72. The van der Waals surface area contributed by atoms with E-state index in [9.17, 15) is 5.11 Å². The minimum atomic E-state index is -0.194. The van der Waals surface area contributed by atoms with Gasteiger partial charge in [-0.1, -0.05) is 13.8 Å². The Morgan fingerprint density at radius 1 is 1.53 bits per heavy atom. The van der Waals surface area contributed by atoms with Gasteiger partial charge in [-0.05, 0) is 44.1 Å². The van der Waals surface area contributed by atoms with Gasteiger partial charge in [-0.2, -0.15) is 5.26 Å². The van der Waals surface area contributed by atoms with Gasteiger partial charge in [0, 0.05) is 19.5 Å². The summed E-state index contributed by atoms with van der Waals surface area (Å²) in [6, 6.07) is 2.23. The van der Waals surface area contributed by atoms with Crippen molar-refractivity contribution in [3.63, 3.8) is 0 Å². The van der Waals surface area contributed by atoms with Gasteiger partial charge < -0.3 is 10.0 Å². The molecule has 2 atom stereocenters. The van der Waals surface area contributed by atoms with Crippen molar-refractivity contribution in [2.24, 2.45) is 11.3 Å². The number of likely N-dealkylation sites (tertiary alicyclic amines) is 1. The number of hydrogen-bond donors (Lipinski definition) is 1. The van der Waals surface area contributed by atoms with Crippen molar-refractivity contribution in [1.82, 2.24) is 4.90 Å². The highest BCUT2D eigenvalue weighted by atomic mass is 16.3. The van der Waals surface area contributed by atoms with Crippen LogP contribution in [0.2, 0.25) is 0 Å². The highest BCUT2D eigenvalue weighted by Gasteiger charge is 2.27. The largest absolute Gasteiger partial charge is 0.393 e. The van der Waals surface area contributed by atoms with Crippen LogP contribution in [0, 0.1) is 22.7 Å². The van der Waals surface area contributed by atoms with Crippen LogP contribution in [-0.4, -0.2) is 35.7 Å². The lowest BCUT2D eigenvalue weighted by atomic mass is 9.85. The molecule has 0 aliphatic carbocycles. The van der Waals surface area contributed by atoms with E-state index in [2.05, 4.69) is 24.8 Å². The molecule has 1 aliphatic rings. The Labute approximate surface area is 105 Å². The van der Waals surface area contributed by atoms with Crippen molar-refractivity contribution in [1.29, 1.82) is 5.26 Å². The predicted octanol–water partition coefficient (Wildman–Crippen LogP) is 2.41. The summed E-state index contributed by atoms with van der Waals surface area (Å²) in [6.07, 6.45) is 3.73. The van der Waals surface area contributed by atoms with E-state index in [1.54, 1.807) is 0 Å². The molecule has 0 aromatic rings. The molecule has 0 radical (unpaired) electrons. The summed E-state index contributed by atoms with van der Waals surface area (Å²) in [6.45, 7) is 9.55. The average Bonchev–Trinajstić information content (AvgIpc) is 2.26. The molecule has 1 aliphatic heterocycles. The molecule has 98 valence electrons. The predicted molar refractivity (Wildman–Crippen MR) is 69.5 cm³/mol. The smallest absolute Gasteiger partial charge is 0.0621 e. The van der Waals surface area contributed by atoms with E-state index in [0.29, 0.717) is 12.3 Å². The number of hydrogen-bond acceptors (Lipinski definition) is 3. The van der Waals surface area contributed by atoms with Crippen molar-refractivity contribution < 1.29 is 5.11 Å². The number of aliphatic hydroxyl groups is 1. The van der Waals surface area contributed by atoms with E-state index in [0.717, 1.165) is 32.5 Å².